The number of hydrogen-bond acceptors (Lipinski definition) is 5. The monoisotopic (exact) mass is 499 g/mol. The van der Waals surface area contributed by atoms with Crippen molar-refractivity contribution in [3.05, 3.63) is 90.0 Å². The molecular formula is C28H29N5O2S. The lowest BCUT2D eigenvalue weighted by molar-refractivity contribution is -0.113. The molecule has 1 aromatic heterocycles. The van der Waals surface area contributed by atoms with Crippen molar-refractivity contribution in [3.63, 3.8) is 0 Å². The zero-order valence-corrected chi connectivity index (χ0v) is 21.6. The number of aromatic nitrogens is 3. The Hall–Kier alpha value is -3.91. The van der Waals surface area contributed by atoms with Crippen LogP contribution in [0.25, 0.3) is 17.1 Å². The molecule has 7 nitrogen and oxygen atoms in total. The van der Waals surface area contributed by atoms with Gasteiger partial charge in [0.2, 0.25) is 5.91 Å². The third kappa shape index (κ3) is 5.83. The number of benzene rings is 3. The van der Waals surface area contributed by atoms with Gasteiger partial charge >= 0.3 is 0 Å². The zero-order valence-electron chi connectivity index (χ0n) is 20.8. The maximum Gasteiger partial charge on any atom is 0.251 e. The molecule has 0 aliphatic heterocycles. The van der Waals surface area contributed by atoms with Crippen LogP contribution in [0.2, 0.25) is 0 Å². The van der Waals surface area contributed by atoms with Crippen molar-refractivity contribution in [2.45, 2.75) is 31.3 Å². The van der Waals surface area contributed by atoms with Crippen molar-refractivity contribution >= 4 is 29.3 Å². The van der Waals surface area contributed by atoms with Crippen LogP contribution in [0.1, 0.15) is 36.7 Å². The number of rotatable bonds is 7. The van der Waals surface area contributed by atoms with E-state index in [1.807, 2.05) is 34.9 Å². The van der Waals surface area contributed by atoms with Crippen LogP contribution >= 0.6 is 11.8 Å². The lowest BCUT2D eigenvalue weighted by Gasteiger charge is -2.19. The predicted molar refractivity (Wildman–Crippen MR) is 145 cm³/mol. The Kier molecular flexibility index (Phi) is 7.55. The summed E-state index contributed by atoms with van der Waals surface area (Å²) in [5, 5.41) is 15.0. The summed E-state index contributed by atoms with van der Waals surface area (Å²) in [6, 6.07) is 25.0. The molecule has 0 unspecified atom stereocenters. The number of amides is 2. The molecule has 0 bridgehead atoms. The van der Waals surface area contributed by atoms with Gasteiger partial charge in [-0.1, -0.05) is 75.0 Å². The van der Waals surface area contributed by atoms with E-state index in [2.05, 4.69) is 65.9 Å². The van der Waals surface area contributed by atoms with Gasteiger partial charge in [0.05, 0.1) is 5.75 Å². The van der Waals surface area contributed by atoms with E-state index < -0.39 is 0 Å². The molecule has 0 radical (unpaired) electrons. The van der Waals surface area contributed by atoms with Gasteiger partial charge in [0, 0.05) is 29.5 Å². The highest BCUT2D eigenvalue weighted by molar-refractivity contribution is 7.99. The number of carbonyl (C=O) groups is 2. The molecule has 0 aliphatic rings. The molecule has 1 heterocycles. The van der Waals surface area contributed by atoms with Crippen molar-refractivity contribution in [2.75, 3.05) is 18.1 Å². The standard InChI is InChI=1S/C28H29N5O2S/c1-28(2,3)21-14-10-19(11-15-21)25-31-32-27(33(25)23-8-6-5-7-9-23)36-18-24(34)30-22-16-12-20(13-17-22)26(35)29-4/h5-17H,18H2,1-4H3,(H,29,35)(H,30,34). The second-order valence-electron chi connectivity index (χ2n) is 9.30. The molecule has 0 saturated heterocycles. The van der Waals surface area contributed by atoms with Crippen molar-refractivity contribution in [1.82, 2.24) is 20.1 Å². The summed E-state index contributed by atoms with van der Waals surface area (Å²) in [4.78, 5) is 24.4. The van der Waals surface area contributed by atoms with Crippen molar-refractivity contribution in [2.24, 2.45) is 0 Å². The maximum atomic E-state index is 12.6. The molecule has 0 aliphatic carbocycles. The first-order valence-electron chi connectivity index (χ1n) is 11.6. The van der Waals surface area contributed by atoms with E-state index >= 15 is 0 Å². The first kappa shape index (κ1) is 25.2. The Bertz CT molecular complexity index is 1340. The first-order valence-corrected chi connectivity index (χ1v) is 12.6. The molecule has 36 heavy (non-hydrogen) atoms. The number of nitrogens with one attached hydrogen (secondary N) is 2. The van der Waals surface area contributed by atoms with E-state index in [9.17, 15) is 9.59 Å². The SMILES string of the molecule is CNC(=O)c1ccc(NC(=O)CSc2nnc(-c3ccc(C(C)(C)C)cc3)n2-c2ccccc2)cc1. The fraction of sp³-hybridized carbons (Fsp3) is 0.214. The van der Waals surface area contributed by atoms with Gasteiger partial charge in [0.1, 0.15) is 0 Å². The van der Waals surface area contributed by atoms with Crippen LogP contribution in [-0.2, 0) is 10.2 Å². The maximum absolute atomic E-state index is 12.6. The van der Waals surface area contributed by atoms with Gasteiger partial charge in [0.15, 0.2) is 11.0 Å². The molecule has 184 valence electrons. The predicted octanol–water partition coefficient (Wildman–Crippen LogP) is 5.32. The largest absolute Gasteiger partial charge is 0.355 e. The number of para-hydroxylation sites is 1. The highest BCUT2D eigenvalue weighted by Gasteiger charge is 2.19. The molecular weight excluding hydrogens is 470 g/mol. The van der Waals surface area contributed by atoms with E-state index in [-0.39, 0.29) is 23.0 Å². The average molecular weight is 500 g/mol. The summed E-state index contributed by atoms with van der Waals surface area (Å²) in [6.07, 6.45) is 0. The van der Waals surface area contributed by atoms with E-state index in [0.29, 0.717) is 22.2 Å². The molecule has 3 aromatic carbocycles. The fourth-order valence-corrected chi connectivity index (χ4v) is 4.41. The second kappa shape index (κ2) is 10.8. The van der Waals surface area contributed by atoms with Crippen molar-refractivity contribution in [3.8, 4) is 17.1 Å². The van der Waals surface area contributed by atoms with Gasteiger partial charge in [-0.25, -0.2) is 0 Å². The molecule has 0 spiro atoms. The van der Waals surface area contributed by atoms with Crippen LogP contribution in [0, 0.1) is 0 Å². The summed E-state index contributed by atoms with van der Waals surface area (Å²) in [7, 11) is 1.58. The minimum Gasteiger partial charge on any atom is -0.355 e. The molecule has 8 heteroatoms. The van der Waals surface area contributed by atoms with Crippen molar-refractivity contribution in [1.29, 1.82) is 0 Å². The number of carbonyl (C=O) groups excluding carboxylic acids is 2. The quantitative estimate of drug-likeness (QED) is 0.336. The highest BCUT2D eigenvalue weighted by Crippen LogP contribution is 2.30. The fourth-order valence-electron chi connectivity index (χ4n) is 3.66. The summed E-state index contributed by atoms with van der Waals surface area (Å²) in [5.74, 6) is 0.527. The van der Waals surface area contributed by atoms with Gasteiger partial charge in [-0.05, 0) is 47.4 Å². The lowest BCUT2D eigenvalue weighted by Crippen LogP contribution is -2.18. The Labute approximate surface area is 215 Å². The van der Waals surface area contributed by atoms with Gasteiger partial charge in [0.25, 0.3) is 5.91 Å². The van der Waals surface area contributed by atoms with Crippen LogP contribution in [0.5, 0.6) is 0 Å². The minimum atomic E-state index is -0.175. The minimum absolute atomic E-state index is 0.0583. The van der Waals surface area contributed by atoms with Crippen LogP contribution in [0.15, 0.2) is 84.0 Å². The van der Waals surface area contributed by atoms with Crippen LogP contribution in [0.4, 0.5) is 5.69 Å². The Morgan fingerprint density at radius 2 is 1.56 bits per heavy atom. The summed E-state index contributed by atoms with van der Waals surface area (Å²) < 4.78 is 1.97. The number of thioether (sulfide) groups is 1. The Morgan fingerprint density at radius 3 is 2.17 bits per heavy atom. The van der Waals surface area contributed by atoms with E-state index in [1.165, 1.54) is 17.3 Å². The van der Waals surface area contributed by atoms with Gasteiger partial charge < -0.3 is 10.6 Å². The number of anilines is 1. The topological polar surface area (TPSA) is 88.9 Å². The molecule has 0 atom stereocenters. The lowest BCUT2D eigenvalue weighted by atomic mass is 9.87. The number of hydrogen-bond donors (Lipinski definition) is 2. The third-order valence-electron chi connectivity index (χ3n) is 5.65. The van der Waals surface area contributed by atoms with Gasteiger partial charge in [-0.3, -0.25) is 14.2 Å². The van der Waals surface area contributed by atoms with Gasteiger partial charge in [-0.2, -0.15) is 0 Å². The van der Waals surface area contributed by atoms with E-state index in [4.69, 9.17) is 0 Å². The molecule has 0 fully saturated rings. The molecule has 2 N–H and O–H groups in total. The molecule has 2 amide bonds. The normalized spacial score (nSPS) is 11.2. The third-order valence-corrected chi connectivity index (χ3v) is 6.58. The Morgan fingerprint density at radius 1 is 0.889 bits per heavy atom. The van der Waals surface area contributed by atoms with Gasteiger partial charge in [-0.15, -0.1) is 10.2 Å². The van der Waals surface area contributed by atoms with Crippen LogP contribution in [0.3, 0.4) is 0 Å². The summed E-state index contributed by atoms with van der Waals surface area (Å²) >= 11 is 1.32. The molecule has 4 aromatic rings. The Balaban J connectivity index is 1.53. The van der Waals surface area contributed by atoms with Crippen LogP contribution < -0.4 is 10.6 Å². The first-order chi connectivity index (χ1) is 17.3. The number of nitrogens with zero attached hydrogens (tertiary/aromatic N) is 3. The smallest absolute Gasteiger partial charge is 0.251 e. The van der Waals surface area contributed by atoms with Crippen LogP contribution in [-0.4, -0.2) is 39.4 Å². The zero-order chi connectivity index (χ0) is 25.7. The highest BCUT2D eigenvalue weighted by atomic mass is 32.2. The van der Waals surface area contributed by atoms with E-state index in [0.717, 1.165) is 11.3 Å². The molecule has 0 saturated carbocycles. The second-order valence-corrected chi connectivity index (χ2v) is 10.2. The van der Waals surface area contributed by atoms with Crippen molar-refractivity contribution < 1.29 is 9.59 Å². The van der Waals surface area contributed by atoms with E-state index in [1.54, 1.807) is 31.3 Å². The average Bonchev–Trinajstić information content (AvgIpc) is 3.31. The summed E-state index contributed by atoms with van der Waals surface area (Å²) in [5.41, 5.74) is 4.33. The molecule has 4 rings (SSSR count). The summed E-state index contributed by atoms with van der Waals surface area (Å²) in [6.45, 7) is 6.56.